The largest absolute Gasteiger partial charge is 0.351 e. The van der Waals surface area contributed by atoms with Crippen LogP contribution < -0.4 is 11.1 Å². The molecule has 2 fully saturated rings. The van der Waals surface area contributed by atoms with Crippen molar-refractivity contribution < 1.29 is 4.79 Å². The van der Waals surface area contributed by atoms with E-state index in [1.54, 1.807) is 6.08 Å². The average Bonchev–Trinajstić information content (AvgIpc) is 2.88. The van der Waals surface area contributed by atoms with E-state index in [9.17, 15) is 4.79 Å². The number of carbonyl (C=O) groups is 1. The van der Waals surface area contributed by atoms with Crippen LogP contribution in [0.25, 0.3) is 0 Å². The summed E-state index contributed by atoms with van der Waals surface area (Å²) >= 11 is 0. The molecule has 4 nitrogen and oxygen atoms in total. The smallest absolute Gasteiger partial charge is 0.237 e. The Morgan fingerprint density at radius 3 is 3.00 bits per heavy atom. The first-order chi connectivity index (χ1) is 8.13. The van der Waals surface area contributed by atoms with Crippen molar-refractivity contribution in [1.29, 1.82) is 0 Å². The molecular weight excluding hydrogens is 214 g/mol. The monoisotopic (exact) mass is 237 g/mol. The number of nitrogens with zero attached hydrogens (tertiary/aromatic N) is 1. The Morgan fingerprint density at radius 2 is 2.35 bits per heavy atom. The summed E-state index contributed by atoms with van der Waals surface area (Å²) < 4.78 is 0. The van der Waals surface area contributed by atoms with Crippen LogP contribution in [0, 0.1) is 11.8 Å². The lowest BCUT2D eigenvalue weighted by atomic mass is 9.98. The number of fused-ring (bicyclic) bond motifs is 1. The van der Waals surface area contributed by atoms with Gasteiger partial charge in [0.15, 0.2) is 0 Å². The van der Waals surface area contributed by atoms with Crippen LogP contribution in [0.5, 0.6) is 0 Å². The van der Waals surface area contributed by atoms with E-state index < -0.39 is 0 Å². The third-order valence-electron chi connectivity index (χ3n) is 4.29. The summed E-state index contributed by atoms with van der Waals surface area (Å²) in [7, 11) is 0. The maximum atomic E-state index is 11.9. The lowest BCUT2D eigenvalue weighted by molar-refractivity contribution is -0.125. The van der Waals surface area contributed by atoms with Gasteiger partial charge in [-0.2, -0.15) is 0 Å². The summed E-state index contributed by atoms with van der Waals surface area (Å²) in [5, 5.41) is 2.86. The number of hydrogen-bond acceptors (Lipinski definition) is 3. The Kier molecular flexibility index (Phi) is 3.84. The van der Waals surface area contributed by atoms with E-state index in [0.717, 1.165) is 19.5 Å². The Balaban J connectivity index is 1.87. The summed E-state index contributed by atoms with van der Waals surface area (Å²) in [4.78, 5) is 14.1. The molecule has 0 aromatic carbocycles. The number of nitrogens with one attached hydrogen (secondary N) is 1. The number of carbonyl (C=O) groups excluding carboxylic acids is 1. The zero-order valence-corrected chi connectivity index (χ0v) is 10.6. The predicted molar refractivity (Wildman–Crippen MR) is 68.4 cm³/mol. The van der Waals surface area contributed by atoms with Crippen LogP contribution in [0.15, 0.2) is 12.7 Å². The van der Waals surface area contributed by atoms with Gasteiger partial charge in [-0.05, 0) is 31.6 Å². The second kappa shape index (κ2) is 5.19. The lowest BCUT2D eigenvalue weighted by Crippen LogP contribution is -2.45. The van der Waals surface area contributed by atoms with Gasteiger partial charge in [-0.25, -0.2) is 0 Å². The van der Waals surface area contributed by atoms with Crippen molar-refractivity contribution in [1.82, 2.24) is 10.2 Å². The van der Waals surface area contributed by atoms with Gasteiger partial charge in [0.25, 0.3) is 0 Å². The number of nitrogens with two attached hydrogens (primary N) is 1. The molecule has 2 aliphatic rings. The third kappa shape index (κ3) is 2.53. The molecule has 4 unspecified atom stereocenters. The summed E-state index contributed by atoms with van der Waals surface area (Å²) in [5.41, 5.74) is 6.10. The molecule has 0 bridgehead atoms. The predicted octanol–water partition coefficient (Wildman–Crippen LogP) is 0.346. The zero-order valence-electron chi connectivity index (χ0n) is 10.6. The number of likely N-dealkylation sites (tertiary alicyclic amines) is 1. The third-order valence-corrected chi connectivity index (χ3v) is 4.29. The first kappa shape index (κ1) is 12.6. The molecular formula is C13H23N3O. The van der Waals surface area contributed by atoms with E-state index >= 15 is 0 Å². The van der Waals surface area contributed by atoms with E-state index in [-0.39, 0.29) is 11.9 Å². The Hall–Kier alpha value is -0.870. The minimum Gasteiger partial charge on any atom is -0.351 e. The molecule has 1 heterocycles. The van der Waals surface area contributed by atoms with Crippen molar-refractivity contribution >= 4 is 5.91 Å². The first-order valence-electron chi connectivity index (χ1n) is 6.51. The molecule has 1 aliphatic heterocycles. The van der Waals surface area contributed by atoms with Crippen LogP contribution in [0.2, 0.25) is 0 Å². The molecule has 4 atom stereocenters. The van der Waals surface area contributed by atoms with Crippen molar-refractivity contribution in [3.05, 3.63) is 12.7 Å². The van der Waals surface area contributed by atoms with E-state index in [4.69, 9.17) is 5.73 Å². The number of rotatable bonds is 4. The van der Waals surface area contributed by atoms with Gasteiger partial charge in [0.1, 0.15) is 0 Å². The van der Waals surface area contributed by atoms with Crippen LogP contribution in [0.1, 0.15) is 19.8 Å². The van der Waals surface area contributed by atoms with Gasteiger partial charge in [-0.3, -0.25) is 9.69 Å². The first-order valence-corrected chi connectivity index (χ1v) is 6.51. The topological polar surface area (TPSA) is 58.4 Å². The Bertz CT molecular complexity index is 305. The molecule has 0 aromatic rings. The highest BCUT2D eigenvalue weighted by molar-refractivity contribution is 5.81. The molecule has 3 N–H and O–H groups in total. The molecule has 0 spiro atoms. The molecule has 17 heavy (non-hydrogen) atoms. The van der Waals surface area contributed by atoms with Crippen LogP contribution in [0.3, 0.4) is 0 Å². The molecule has 1 saturated heterocycles. The number of hydrogen-bond donors (Lipinski definition) is 2. The van der Waals surface area contributed by atoms with E-state index in [2.05, 4.69) is 16.8 Å². The molecule has 96 valence electrons. The molecule has 0 aromatic heterocycles. The van der Waals surface area contributed by atoms with Crippen molar-refractivity contribution in [3.63, 3.8) is 0 Å². The Morgan fingerprint density at radius 1 is 1.59 bits per heavy atom. The zero-order chi connectivity index (χ0) is 12.4. The standard InChI is InChI=1S/C13H23N3O/c1-3-6-15-13(17)9(2)16-7-10-4-5-12(14)11(10)8-16/h3,9-12H,1,4-8,14H2,2H3,(H,15,17). The van der Waals surface area contributed by atoms with Crippen LogP contribution in [0.4, 0.5) is 0 Å². The van der Waals surface area contributed by atoms with Crippen molar-refractivity contribution in [2.45, 2.75) is 31.8 Å². The van der Waals surface area contributed by atoms with Crippen molar-refractivity contribution in [3.8, 4) is 0 Å². The summed E-state index contributed by atoms with van der Waals surface area (Å²) in [6.07, 6.45) is 4.09. The van der Waals surface area contributed by atoms with Crippen molar-refractivity contribution in [2.24, 2.45) is 17.6 Å². The van der Waals surface area contributed by atoms with Crippen molar-refractivity contribution in [2.75, 3.05) is 19.6 Å². The van der Waals surface area contributed by atoms with Gasteiger partial charge in [0.2, 0.25) is 5.91 Å². The van der Waals surface area contributed by atoms with E-state index in [1.165, 1.54) is 6.42 Å². The molecule has 1 aliphatic carbocycles. The van der Waals surface area contributed by atoms with Crippen LogP contribution >= 0.6 is 0 Å². The lowest BCUT2D eigenvalue weighted by Gasteiger charge is -2.24. The molecule has 4 heteroatoms. The molecule has 0 radical (unpaired) electrons. The fourth-order valence-corrected chi connectivity index (χ4v) is 3.14. The fourth-order valence-electron chi connectivity index (χ4n) is 3.14. The minimum absolute atomic E-state index is 0.0484. The van der Waals surface area contributed by atoms with Crippen LogP contribution in [-0.2, 0) is 4.79 Å². The van der Waals surface area contributed by atoms with E-state index in [0.29, 0.717) is 24.4 Å². The number of amides is 1. The van der Waals surface area contributed by atoms with Gasteiger partial charge in [-0.15, -0.1) is 6.58 Å². The normalized spacial score (nSPS) is 34.4. The molecule has 1 saturated carbocycles. The highest BCUT2D eigenvalue weighted by Gasteiger charge is 2.43. The summed E-state index contributed by atoms with van der Waals surface area (Å²) in [6, 6.07) is 0.293. The highest BCUT2D eigenvalue weighted by Crippen LogP contribution is 2.37. The molecule has 2 rings (SSSR count). The summed E-state index contributed by atoms with van der Waals surface area (Å²) in [6.45, 7) is 8.13. The second-order valence-electron chi connectivity index (χ2n) is 5.33. The highest BCUT2D eigenvalue weighted by atomic mass is 16.2. The van der Waals surface area contributed by atoms with Gasteiger partial charge < -0.3 is 11.1 Å². The van der Waals surface area contributed by atoms with Gasteiger partial charge >= 0.3 is 0 Å². The van der Waals surface area contributed by atoms with E-state index in [1.807, 2.05) is 6.92 Å². The van der Waals surface area contributed by atoms with Gasteiger partial charge in [0.05, 0.1) is 6.04 Å². The second-order valence-corrected chi connectivity index (χ2v) is 5.33. The minimum atomic E-state index is -0.0484. The summed E-state index contributed by atoms with van der Waals surface area (Å²) in [5.74, 6) is 1.41. The SMILES string of the molecule is C=CCNC(=O)C(C)N1CC2CCC(N)C2C1. The maximum Gasteiger partial charge on any atom is 0.237 e. The maximum absolute atomic E-state index is 11.9. The van der Waals surface area contributed by atoms with Gasteiger partial charge in [-0.1, -0.05) is 6.08 Å². The van der Waals surface area contributed by atoms with Crippen LogP contribution in [-0.4, -0.2) is 42.5 Å². The Labute approximate surface area is 103 Å². The average molecular weight is 237 g/mol. The quantitative estimate of drug-likeness (QED) is 0.694. The molecule has 1 amide bonds. The fraction of sp³-hybridized carbons (Fsp3) is 0.769. The van der Waals surface area contributed by atoms with Gasteiger partial charge in [0, 0.05) is 25.7 Å².